The number of hydrogen-bond acceptors (Lipinski definition) is 5. The second-order valence-corrected chi connectivity index (χ2v) is 6.83. The molecule has 2 rings (SSSR count). The molecule has 1 unspecified atom stereocenters. The number of piperazine rings is 1. The fourth-order valence-corrected chi connectivity index (χ4v) is 2.73. The molecule has 1 atom stereocenters. The Hall–Kier alpha value is -2.12. The minimum atomic E-state index is -0.514. The summed E-state index contributed by atoms with van der Waals surface area (Å²) in [7, 11) is 0. The SMILES string of the molecule is CC(C)(C)OC(=O)N1CCN(C(C(=O)NN)c2ccccc2)CC1. The van der Waals surface area contributed by atoms with Crippen molar-refractivity contribution in [3.63, 3.8) is 0 Å². The zero-order chi connectivity index (χ0) is 17.7. The summed E-state index contributed by atoms with van der Waals surface area (Å²) in [6.07, 6.45) is -0.318. The van der Waals surface area contributed by atoms with Gasteiger partial charge >= 0.3 is 6.09 Å². The van der Waals surface area contributed by atoms with Crippen LogP contribution < -0.4 is 11.3 Å². The average Bonchev–Trinajstić information content (AvgIpc) is 2.55. The maximum absolute atomic E-state index is 12.2. The minimum Gasteiger partial charge on any atom is -0.444 e. The molecule has 0 saturated carbocycles. The topological polar surface area (TPSA) is 87.9 Å². The van der Waals surface area contributed by atoms with Gasteiger partial charge in [0.05, 0.1) is 0 Å². The smallest absolute Gasteiger partial charge is 0.410 e. The van der Waals surface area contributed by atoms with E-state index in [1.807, 2.05) is 56.0 Å². The Morgan fingerprint density at radius 3 is 2.21 bits per heavy atom. The lowest BCUT2D eigenvalue weighted by Crippen LogP contribution is -2.53. The van der Waals surface area contributed by atoms with E-state index in [9.17, 15) is 9.59 Å². The van der Waals surface area contributed by atoms with Gasteiger partial charge in [0.2, 0.25) is 0 Å². The van der Waals surface area contributed by atoms with E-state index in [0.29, 0.717) is 26.2 Å². The fraction of sp³-hybridized carbons (Fsp3) is 0.529. The van der Waals surface area contributed by atoms with Gasteiger partial charge in [0.25, 0.3) is 5.91 Å². The van der Waals surface area contributed by atoms with Crippen molar-refractivity contribution in [3.8, 4) is 0 Å². The van der Waals surface area contributed by atoms with Gasteiger partial charge in [-0.2, -0.15) is 0 Å². The van der Waals surface area contributed by atoms with Gasteiger partial charge in [0.1, 0.15) is 11.6 Å². The van der Waals surface area contributed by atoms with Crippen LogP contribution in [0.2, 0.25) is 0 Å². The molecule has 7 nitrogen and oxygen atoms in total. The van der Waals surface area contributed by atoms with Gasteiger partial charge in [-0.25, -0.2) is 10.6 Å². The Kier molecular flexibility index (Phi) is 5.80. The van der Waals surface area contributed by atoms with Crippen LogP contribution in [0.3, 0.4) is 0 Å². The number of nitrogens with zero attached hydrogens (tertiary/aromatic N) is 2. The molecule has 0 spiro atoms. The highest BCUT2D eigenvalue weighted by molar-refractivity contribution is 5.82. The van der Waals surface area contributed by atoms with E-state index in [1.54, 1.807) is 4.90 Å². The van der Waals surface area contributed by atoms with Crippen LogP contribution in [0.5, 0.6) is 0 Å². The van der Waals surface area contributed by atoms with E-state index in [2.05, 4.69) is 5.43 Å². The van der Waals surface area contributed by atoms with Gasteiger partial charge in [0.15, 0.2) is 0 Å². The van der Waals surface area contributed by atoms with Gasteiger partial charge in [-0.05, 0) is 26.3 Å². The summed E-state index contributed by atoms with van der Waals surface area (Å²) in [4.78, 5) is 28.1. The summed E-state index contributed by atoms with van der Waals surface area (Å²) in [5.74, 6) is 5.09. The average molecular weight is 334 g/mol. The van der Waals surface area contributed by atoms with Crippen LogP contribution in [-0.2, 0) is 9.53 Å². The van der Waals surface area contributed by atoms with Crippen LogP contribution in [0.1, 0.15) is 32.4 Å². The molecule has 1 fully saturated rings. The Morgan fingerprint density at radius 1 is 1.12 bits per heavy atom. The van der Waals surface area contributed by atoms with Gasteiger partial charge < -0.3 is 9.64 Å². The Balaban J connectivity index is 2.03. The fourth-order valence-electron chi connectivity index (χ4n) is 2.73. The van der Waals surface area contributed by atoms with Crippen LogP contribution in [0.4, 0.5) is 4.79 Å². The van der Waals surface area contributed by atoms with Gasteiger partial charge in [0, 0.05) is 26.2 Å². The lowest BCUT2D eigenvalue weighted by molar-refractivity contribution is -0.127. The molecule has 0 aliphatic carbocycles. The first kappa shape index (κ1) is 18.2. The van der Waals surface area contributed by atoms with Crippen molar-refractivity contribution in [1.29, 1.82) is 0 Å². The standard InChI is InChI=1S/C17H26N4O3/c1-17(2,3)24-16(23)21-11-9-20(10-12-21)14(15(22)19-18)13-7-5-4-6-8-13/h4-8,14H,9-12,18H2,1-3H3,(H,19,22). The molecule has 7 heteroatoms. The number of ether oxygens (including phenoxy) is 1. The van der Waals surface area contributed by atoms with Gasteiger partial charge in [-0.15, -0.1) is 0 Å². The van der Waals surface area contributed by atoms with Crippen molar-refractivity contribution >= 4 is 12.0 Å². The third-order valence-electron chi connectivity index (χ3n) is 3.84. The lowest BCUT2D eigenvalue weighted by Gasteiger charge is -2.38. The third kappa shape index (κ3) is 4.69. The second-order valence-electron chi connectivity index (χ2n) is 6.83. The van der Waals surface area contributed by atoms with E-state index in [1.165, 1.54) is 0 Å². The quantitative estimate of drug-likeness (QED) is 0.494. The van der Waals surface area contributed by atoms with E-state index >= 15 is 0 Å². The predicted octanol–water partition coefficient (Wildman–Crippen LogP) is 1.27. The molecule has 1 aliphatic rings. The number of hydrogen-bond donors (Lipinski definition) is 2. The number of benzene rings is 1. The molecule has 1 aromatic rings. The van der Waals surface area contributed by atoms with Crippen molar-refractivity contribution < 1.29 is 14.3 Å². The van der Waals surface area contributed by atoms with Crippen LogP contribution in [0, 0.1) is 0 Å². The molecule has 1 aliphatic heterocycles. The van der Waals surface area contributed by atoms with Gasteiger partial charge in [-0.3, -0.25) is 15.1 Å². The summed E-state index contributed by atoms with van der Waals surface area (Å²) < 4.78 is 5.40. The molecule has 1 saturated heterocycles. The second kappa shape index (κ2) is 7.63. The largest absolute Gasteiger partial charge is 0.444 e. The third-order valence-corrected chi connectivity index (χ3v) is 3.84. The van der Waals surface area contributed by atoms with Crippen LogP contribution in [-0.4, -0.2) is 53.6 Å². The minimum absolute atomic E-state index is 0.257. The Morgan fingerprint density at radius 2 is 1.71 bits per heavy atom. The van der Waals surface area contributed by atoms with Crippen LogP contribution in [0.25, 0.3) is 0 Å². The maximum Gasteiger partial charge on any atom is 0.410 e. The van der Waals surface area contributed by atoms with Crippen molar-refractivity contribution in [2.45, 2.75) is 32.4 Å². The number of hydrazine groups is 1. The van der Waals surface area contributed by atoms with E-state index in [4.69, 9.17) is 10.6 Å². The first-order chi connectivity index (χ1) is 11.3. The Labute approximate surface area is 142 Å². The molecule has 24 heavy (non-hydrogen) atoms. The molecule has 0 radical (unpaired) electrons. The van der Waals surface area contributed by atoms with E-state index in [0.717, 1.165) is 5.56 Å². The van der Waals surface area contributed by atoms with Crippen molar-refractivity contribution in [1.82, 2.24) is 15.2 Å². The van der Waals surface area contributed by atoms with Crippen molar-refractivity contribution in [2.24, 2.45) is 5.84 Å². The molecular formula is C17H26N4O3. The van der Waals surface area contributed by atoms with Crippen molar-refractivity contribution in [3.05, 3.63) is 35.9 Å². The molecule has 2 amide bonds. The van der Waals surface area contributed by atoms with Crippen molar-refractivity contribution in [2.75, 3.05) is 26.2 Å². The molecule has 0 aromatic heterocycles. The van der Waals surface area contributed by atoms with Gasteiger partial charge in [-0.1, -0.05) is 30.3 Å². The Bertz CT molecular complexity index is 563. The zero-order valence-electron chi connectivity index (χ0n) is 14.5. The highest BCUT2D eigenvalue weighted by Crippen LogP contribution is 2.23. The summed E-state index contributed by atoms with van der Waals surface area (Å²) in [5.41, 5.74) is 2.61. The number of rotatable bonds is 3. The number of nitrogens with two attached hydrogens (primary N) is 1. The summed E-state index contributed by atoms with van der Waals surface area (Å²) in [6.45, 7) is 7.71. The molecular weight excluding hydrogens is 308 g/mol. The summed E-state index contributed by atoms with van der Waals surface area (Å²) >= 11 is 0. The number of nitrogens with one attached hydrogen (secondary N) is 1. The monoisotopic (exact) mass is 334 g/mol. The lowest BCUT2D eigenvalue weighted by atomic mass is 10.0. The molecule has 1 heterocycles. The first-order valence-electron chi connectivity index (χ1n) is 8.09. The molecule has 0 bridgehead atoms. The van der Waals surface area contributed by atoms with E-state index < -0.39 is 11.6 Å². The highest BCUT2D eigenvalue weighted by atomic mass is 16.6. The van der Waals surface area contributed by atoms with Crippen LogP contribution >= 0.6 is 0 Å². The number of amides is 2. The number of carbonyl (C=O) groups is 2. The maximum atomic E-state index is 12.2. The molecule has 3 N–H and O–H groups in total. The number of carbonyl (C=O) groups excluding carboxylic acids is 2. The summed E-state index contributed by atoms with van der Waals surface area (Å²) in [6, 6.07) is 9.03. The normalized spacial score (nSPS) is 17.2. The molecule has 1 aromatic carbocycles. The highest BCUT2D eigenvalue weighted by Gasteiger charge is 2.32. The molecule has 132 valence electrons. The van der Waals surface area contributed by atoms with E-state index in [-0.39, 0.29) is 12.0 Å². The zero-order valence-corrected chi connectivity index (χ0v) is 14.5. The predicted molar refractivity (Wildman–Crippen MR) is 90.9 cm³/mol. The first-order valence-corrected chi connectivity index (χ1v) is 8.09. The summed E-state index contributed by atoms with van der Waals surface area (Å²) in [5, 5.41) is 0. The van der Waals surface area contributed by atoms with Crippen LogP contribution in [0.15, 0.2) is 30.3 Å².